The van der Waals surface area contributed by atoms with Crippen LogP contribution in [0.15, 0.2) is 24.3 Å². The molecule has 1 unspecified atom stereocenters. The first-order chi connectivity index (χ1) is 6.77. The zero-order chi connectivity index (χ0) is 10.4. The number of nitrogens with zero attached hydrogens (tertiary/aromatic N) is 1. The normalized spacial score (nSPS) is 12.1. The van der Waals surface area contributed by atoms with Gasteiger partial charge in [-0.2, -0.15) is 5.26 Å². The minimum absolute atomic E-state index is 0.0457. The standard InChI is InChI=1S/C11H14N2O/c1-9-2-4-10(5-3-9)11(8-12)13-6-7-14/h2-5,11,13-14H,6-7H2,1H3. The minimum Gasteiger partial charge on any atom is -0.395 e. The van der Waals surface area contributed by atoms with Gasteiger partial charge in [0.1, 0.15) is 6.04 Å². The minimum atomic E-state index is -0.331. The van der Waals surface area contributed by atoms with Crippen molar-refractivity contribution in [1.29, 1.82) is 5.26 Å². The summed E-state index contributed by atoms with van der Waals surface area (Å²) in [5, 5.41) is 20.5. The van der Waals surface area contributed by atoms with E-state index in [1.807, 2.05) is 31.2 Å². The molecule has 14 heavy (non-hydrogen) atoms. The van der Waals surface area contributed by atoms with Crippen molar-refractivity contribution in [3.05, 3.63) is 35.4 Å². The molecule has 0 aliphatic rings. The predicted octanol–water partition coefficient (Wildman–Crippen LogP) is 1.14. The second-order valence-electron chi connectivity index (χ2n) is 3.15. The number of aliphatic hydroxyl groups excluding tert-OH is 1. The van der Waals surface area contributed by atoms with Crippen molar-refractivity contribution >= 4 is 0 Å². The third-order valence-corrected chi connectivity index (χ3v) is 2.00. The molecule has 3 nitrogen and oxygen atoms in total. The number of hydrogen-bond donors (Lipinski definition) is 2. The number of benzene rings is 1. The third-order valence-electron chi connectivity index (χ3n) is 2.00. The first kappa shape index (κ1) is 10.7. The van der Waals surface area contributed by atoms with Crippen molar-refractivity contribution in [2.24, 2.45) is 0 Å². The monoisotopic (exact) mass is 190 g/mol. The Balaban J connectivity index is 2.70. The summed E-state index contributed by atoms with van der Waals surface area (Å²) in [6.07, 6.45) is 0. The molecule has 1 rings (SSSR count). The van der Waals surface area contributed by atoms with Gasteiger partial charge in [0, 0.05) is 6.54 Å². The van der Waals surface area contributed by atoms with Crippen molar-refractivity contribution in [2.45, 2.75) is 13.0 Å². The maximum Gasteiger partial charge on any atom is 0.121 e. The Morgan fingerprint density at radius 2 is 2.07 bits per heavy atom. The summed E-state index contributed by atoms with van der Waals surface area (Å²) >= 11 is 0. The smallest absolute Gasteiger partial charge is 0.121 e. The molecular formula is C11H14N2O. The maximum absolute atomic E-state index is 8.88. The first-order valence-corrected chi connectivity index (χ1v) is 4.58. The van der Waals surface area contributed by atoms with E-state index in [0.717, 1.165) is 5.56 Å². The molecule has 0 amide bonds. The number of nitriles is 1. The molecule has 3 heteroatoms. The molecule has 1 aromatic carbocycles. The van der Waals surface area contributed by atoms with Crippen LogP contribution in [0.25, 0.3) is 0 Å². The summed E-state index contributed by atoms with van der Waals surface area (Å²) in [5.74, 6) is 0. The van der Waals surface area contributed by atoms with Crippen LogP contribution in [0.4, 0.5) is 0 Å². The van der Waals surface area contributed by atoms with Crippen LogP contribution in [0, 0.1) is 18.3 Å². The molecule has 0 spiro atoms. The molecule has 0 aliphatic heterocycles. The Labute approximate surface area is 84.0 Å². The van der Waals surface area contributed by atoms with Crippen molar-refractivity contribution < 1.29 is 5.11 Å². The molecule has 0 heterocycles. The van der Waals surface area contributed by atoms with Crippen molar-refractivity contribution in [2.75, 3.05) is 13.2 Å². The lowest BCUT2D eigenvalue weighted by atomic mass is 10.1. The van der Waals surface area contributed by atoms with Gasteiger partial charge in [-0.05, 0) is 12.5 Å². The lowest BCUT2D eigenvalue weighted by Crippen LogP contribution is -2.23. The third kappa shape index (κ3) is 2.84. The number of hydrogen-bond acceptors (Lipinski definition) is 3. The highest BCUT2D eigenvalue weighted by Gasteiger charge is 2.07. The highest BCUT2D eigenvalue weighted by Crippen LogP contribution is 2.12. The topological polar surface area (TPSA) is 56.0 Å². The van der Waals surface area contributed by atoms with Gasteiger partial charge in [0.2, 0.25) is 0 Å². The Hall–Kier alpha value is -1.37. The molecule has 0 saturated carbocycles. The largest absolute Gasteiger partial charge is 0.395 e. The van der Waals surface area contributed by atoms with E-state index in [1.54, 1.807) is 0 Å². The second-order valence-corrected chi connectivity index (χ2v) is 3.15. The van der Waals surface area contributed by atoms with E-state index in [2.05, 4.69) is 11.4 Å². The molecular weight excluding hydrogens is 176 g/mol. The lowest BCUT2D eigenvalue weighted by molar-refractivity contribution is 0.289. The fraction of sp³-hybridized carbons (Fsp3) is 0.364. The number of aryl methyl sites for hydroxylation is 1. The Morgan fingerprint density at radius 1 is 1.43 bits per heavy atom. The van der Waals surface area contributed by atoms with E-state index in [9.17, 15) is 0 Å². The van der Waals surface area contributed by atoms with Gasteiger partial charge < -0.3 is 5.11 Å². The molecule has 0 saturated heterocycles. The molecule has 1 atom stereocenters. The van der Waals surface area contributed by atoms with Crippen LogP contribution in [-0.4, -0.2) is 18.3 Å². The number of nitrogens with one attached hydrogen (secondary N) is 1. The van der Waals surface area contributed by atoms with Crippen LogP contribution < -0.4 is 5.32 Å². The number of aliphatic hydroxyl groups is 1. The molecule has 74 valence electrons. The van der Waals surface area contributed by atoms with E-state index >= 15 is 0 Å². The molecule has 1 aromatic rings. The molecule has 0 radical (unpaired) electrons. The van der Waals surface area contributed by atoms with Crippen LogP contribution in [0.2, 0.25) is 0 Å². The summed E-state index contributed by atoms with van der Waals surface area (Å²) in [4.78, 5) is 0. The Morgan fingerprint density at radius 3 is 2.57 bits per heavy atom. The second kappa shape index (κ2) is 5.38. The number of rotatable bonds is 4. The average molecular weight is 190 g/mol. The Bertz CT molecular complexity index is 313. The zero-order valence-corrected chi connectivity index (χ0v) is 8.20. The van der Waals surface area contributed by atoms with Gasteiger partial charge in [-0.15, -0.1) is 0 Å². The summed E-state index contributed by atoms with van der Waals surface area (Å²) in [5.41, 5.74) is 2.11. The molecule has 0 aliphatic carbocycles. The van der Waals surface area contributed by atoms with Gasteiger partial charge in [-0.3, -0.25) is 5.32 Å². The van der Waals surface area contributed by atoms with Crippen LogP contribution >= 0.6 is 0 Å². The maximum atomic E-state index is 8.88. The van der Waals surface area contributed by atoms with Crippen molar-refractivity contribution in [3.63, 3.8) is 0 Å². The van der Waals surface area contributed by atoms with Gasteiger partial charge in [0.05, 0.1) is 12.7 Å². The SMILES string of the molecule is Cc1ccc(C(C#N)NCCO)cc1. The molecule has 0 aromatic heterocycles. The van der Waals surface area contributed by atoms with Gasteiger partial charge in [-0.1, -0.05) is 29.8 Å². The quantitative estimate of drug-likeness (QED) is 0.748. The van der Waals surface area contributed by atoms with Gasteiger partial charge in [0.15, 0.2) is 0 Å². The molecule has 0 bridgehead atoms. The summed E-state index contributed by atoms with van der Waals surface area (Å²) in [7, 11) is 0. The highest BCUT2D eigenvalue weighted by atomic mass is 16.3. The molecule has 0 fully saturated rings. The molecule has 2 N–H and O–H groups in total. The van der Waals surface area contributed by atoms with Crippen molar-refractivity contribution in [1.82, 2.24) is 5.32 Å². The van der Waals surface area contributed by atoms with Crippen LogP contribution in [-0.2, 0) is 0 Å². The zero-order valence-electron chi connectivity index (χ0n) is 8.20. The van der Waals surface area contributed by atoms with Crippen LogP contribution in [0.5, 0.6) is 0 Å². The van der Waals surface area contributed by atoms with Crippen LogP contribution in [0.1, 0.15) is 17.2 Å². The predicted molar refractivity (Wildman–Crippen MR) is 54.6 cm³/mol. The first-order valence-electron chi connectivity index (χ1n) is 4.58. The highest BCUT2D eigenvalue weighted by molar-refractivity contribution is 5.27. The fourth-order valence-corrected chi connectivity index (χ4v) is 1.21. The average Bonchev–Trinajstić information content (AvgIpc) is 2.21. The summed E-state index contributed by atoms with van der Waals surface area (Å²) < 4.78 is 0. The van der Waals surface area contributed by atoms with E-state index < -0.39 is 0 Å². The van der Waals surface area contributed by atoms with Gasteiger partial charge in [-0.25, -0.2) is 0 Å². The summed E-state index contributed by atoms with van der Waals surface area (Å²) in [6.45, 7) is 2.49. The van der Waals surface area contributed by atoms with Crippen molar-refractivity contribution in [3.8, 4) is 6.07 Å². The van der Waals surface area contributed by atoms with E-state index in [1.165, 1.54) is 5.56 Å². The van der Waals surface area contributed by atoms with E-state index in [4.69, 9.17) is 10.4 Å². The summed E-state index contributed by atoms with van der Waals surface area (Å²) in [6, 6.07) is 9.61. The Kier molecular flexibility index (Phi) is 4.11. The van der Waals surface area contributed by atoms with Gasteiger partial charge in [0.25, 0.3) is 0 Å². The fourth-order valence-electron chi connectivity index (χ4n) is 1.21. The van der Waals surface area contributed by atoms with E-state index in [-0.39, 0.29) is 12.6 Å². The van der Waals surface area contributed by atoms with E-state index in [0.29, 0.717) is 6.54 Å². The lowest BCUT2D eigenvalue weighted by Gasteiger charge is -2.10. The van der Waals surface area contributed by atoms with Gasteiger partial charge >= 0.3 is 0 Å². The van der Waals surface area contributed by atoms with Crippen LogP contribution in [0.3, 0.4) is 0 Å².